The summed E-state index contributed by atoms with van der Waals surface area (Å²) < 4.78 is 25.6. The lowest BCUT2D eigenvalue weighted by Gasteiger charge is -2.06. The first-order valence-electron chi connectivity index (χ1n) is 4.62. The number of nitrogens with one attached hydrogen (secondary N) is 2. The Morgan fingerprint density at radius 3 is 2.38 bits per heavy atom. The molecule has 16 heavy (non-hydrogen) atoms. The highest BCUT2D eigenvalue weighted by Crippen LogP contribution is 2.13. The molecule has 0 radical (unpaired) electrons. The number of thiocarbonyl (C=S) groups is 1. The minimum Gasteiger partial charge on any atom is -0.376 e. The van der Waals surface area contributed by atoms with Gasteiger partial charge in [-0.3, -0.25) is 0 Å². The molecule has 7 heteroatoms. The van der Waals surface area contributed by atoms with E-state index in [0.29, 0.717) is 12.2 Å². The zero-order valence-corrected chi connectivity index (χ0v) is 10.4. The van der Waals surface area contributed by atoms with Gasteiger partial charge in [-0.1, -0.05) is 6.92 Å². The zero-order chi connectivity index (χ0) is 12.2. The van der Waals surface area contributed by atoms with Gasteiger partial charge in [0.15, 0.2) is 5.11 Å². The van der Waals surface area contributed by atoms with E-state index in [1.807, 2.05) is 0 Å². The monoisotopic (exact) mass is 259 g/mol. The Kier molecular flexibility index (Phi) is 4.22. The first-order valence-corrected chi connectivity index (χ1v) is 6.51. The van der Waals surface area contributed by atoms with Gasteiger partial charge in [-0.2, -0.15) is 0 Å². The highest BCUT2D eigenvalue weighted by Gasteiger charge is 2.11. The lowest BCUT2D eigenvalue weighted by Crippen LogP contribution is -2.23. The van der Waals surface area contributed by atoms with Crippen LogP contribution in [0.1, 0.15) is 6.92 Å². The summed E-state index contributed by atoms with van der Waals surface area (Å²) in [5, 5.41) is 2.85. The quantitative estimate of drug-likeness (QED) is 0.691. The lowest BCUT2D eigenvalue weighted by atomic mass is 10.3. The smallest absolute Gasteiger partial charge is 0.240 e. The fourth-order valence-electron chi connectivity index (χ4n) is 1.13. The fourth-order valence-corrected chi connectivity index (χ4v) is 2.29. The maximum absolute atomic E-state index is 11.6. The predicted molar refractivity (Wildman–Crippen MR) is 67.7 cm³/mol. The van der Waals surface area contributed by atoms with Crippen molar-refractivity contribution in [2.45, 2.75) is 11.8 Å². The Morgan fingerprint density at radius 1 is 1.38 bits per heavy atom. The summed E-state index contributed by atoms with van der Waals surface area (Å²) in [5.41, 5.74) is 5.94. The molecular weight excluding hydrogens is 246 g/mol. The molecule has 0 aliphatic rings. The Hall–Kier alpha value is -1.18. The third kappa shape index (κ3) is 3.44. The van der Waals surface area contributed by atoms with Gasteiger partial charge in [0, 0.05) is 12.2 Å². The number of benzene rings is 1. The summed E-state index contributed by atoms with van der Waals surface area (Å²) in [5.74, 6) is 0. The van der Waals surface area contributed by atoms with Crippen LogP contribution >= 0.6 is 12.2 Å². The molecule has 1 aromatic rings. The molecule has 88 valence electrons. The van der Waals surface area contributed by atoms with Crippen LogP contribution in [-0.2, 0) is 10.0 Å². The van der Waals surface area contributed by atoms with Gasteiger partial charge in [0.05, 0.1) is 4.90 Å². The average Bonchev–Trinajstić information content (AvgIpc) is 2.17. The molecular formula is C9H13N3O2S2. The first kappa shape index (κ1) is 12.9. The van der Waals surface area contributed by atoms with Crippen molar-refractivity contribution in [3.8, 4) is 0 Å². The van der Waals surface area contributed by atoms with Crippen LogP contribution in [0, 0.1) is 0 Å². The van der Waals surface area contributed by atoms with Gasteiger partial charge in [0.1, 0.15) is 0 Å². The first-order chi connectivity index (χ1) is 7.45. The average molecular weight is 259 g/mol. The van der Waals surface area contributed by atoms with Crippen LogP contribution in [0.2, 0.25) is 0 Å². The van der Waals surface area contributed by atoms with E-state index in [1.165, 1.54) is 12.1 Å². The van der Waals surface area contributed by atoms with Gasteiger partial charge < -0.3 is 11.1 Å². The number of sulfonamides is 1. The summed E-state index contributed by atoms with van der Waals surface area (Å²) in [6.07, 6.45) is 0. The molecule has 0 bridgehead atoms. The van der Waals surface area contributed by atoms with E-state index in [0.717, 1.165) is 0 Å². The minimum absolute atomic E-state index is 0.141. The molecule has 0 heterocycles. The van der Waals surface area contributed by atoms with Crippen LogP contribution in [0.3, 0.4) is 0 Å². The Labute approximate surface area is 100 Å². The second kappa shape index (κ2) is 5.24. The van der Waals surface area contributed by atoms with E-state index in [9.17, 15) is 8.42 Å². The Bertz CT molecular complexity index is 468. The summed E-state index contributed by atoms with van der Waals surface area (Å²) in [4.78, 5) is 0.211. The van der Waals surface area contributed by atoms with Crippen molar-refractivity contribution >= 4 is 33.0 Å². The highest BCUT2D eigenvalue weighted by molar-refractivity contribution is 7.89. The second-order valence-corrected chi connectivity index (χ2v) is 5.22. The summed E-state index contributed by atoms with van der Waals surface area (Å²) in [6, 6.07) is 6.17. The van der Waals surface area contributed by atoms with E-state index in [2.05, 4.69) is 22.3 Å². The molecule has 1 aromatic carbocycles. The number of rotatable bonds is 4. The van der Waals surface area contributed by atoms with E-state index < -0.39 is 10.0 Å². The SMILES string of the molecule is CCNS(=O)(=O)c1ccc(NC(N)=S)cc1. The number of anilines is 1. The molecule has 0 amide bonds. The third-order valence-electron chi connectivity index (χ3n) is 1.77. The topological polar surface area (TPSA) is 84.2 Å². The van der Waals surface area contributed by atoms with E-state index in [1.54, 1.807) is 19.1 Å². The van der Waals surface area contributed by atoms with Crippen LogP contribution in [0.5, 0.6) is 0 Å². The molecule has 0 saturated heterocycles. The maximum atomic E-state index is 11.6. The van der Waals surface area contributed by atoms with Gasteiger partial charge in [0.25, 0.3) is 0 Å². The number of nitrogens with two attached hydrogens (primary N) is 1. The maximum Gasteiger partial charge on any atom is 0.240 e. The largest absolute Gasteiger partial charge is 0.376 e. The molecule has 0 atom stereocenters. The number of hydrogen-bond acceptors (Lipinski definition) is 3. The minimum atomic E-state index is -3.40. The van der Waals surface area contributed by atoms with E-state index >= 15 is 0 Å². The normalized spacial score (nSPS) is 11.1. The van der Waals surface area contributed by atoms with Crippen molar-refractivity contribution in [1.82, 2.24) is 4.72 Å². The van der Waals surface area contributed by atoms with Gasteiger partial charge in [-0.05, 0) is 36.5 Å². The number of hydrogen-bond donors (Lipinski definition) is 3. The second-order valence-electron chi connectivity index (χ2n) is 3.01. The molecule has 0 aliphatic heterocycles. The van der Waals surface area contributed by atoms with Crippen LogP contribution in [0.25, 0.3) is 0 Å². The summed E-state index contributed by atoms with van der Waals surface area (Å²) in [6.45, 7) is 2.08. The van der Waals surface area contributed by atoms with E-state index in [-0.39, 0.29) is 10.0 Å². The van der Waals surface area contributed by atoms with Crippen LogP contribution in [0.15, 0.2) is 29.2 Å². The molecule has 0 unspecified atom stereocenters. The molecule has 0 saturated carbocycles. The van der Waals surface area contributed by atoms with Gasteiger partial charge >= 0.3 is 0 Å². The van der Waals surface area contributed by atoms with Crippen LogP contribution in [-0.4, -0.2) is 20.1 Å². The van der Waals surface area contributed by atoms with Crippen LogP contribution in [0.4, 0.5) is 5.69 Å². The van der Waals surface area contributed by atoms with Crippen molar-refractivity contribution in [2.75, 3.05) is 11.9 Å². The molecule has 0 fully saturated rings. The lowest BCUT2D eigenvalue weighted by molar-refractivity contribution is 0.584. The molecule has 1 rings (SSSR count). The molecule has 5 nitrogen and oxygen atoms in total. The van der Waals surface area contributed by atoms with Crippen LogP contribution < -0.4 is 15.8 Å². The van der Waals surface area contributed by atoms with Gasteiger partial charge in [0.2, 0.25) is 10.0 Å². The Balaban J connectivity index is 2.91. The standard InChI is InChI=1S/C9H13N3O2S2/c1-2-11-16(13,14)8-5-3-7(4-6-8)12-9(10)15/h3-6,11H,2H2,1H3,(H3,10,12,15). The van der Waals surface area contributed by atoms with Gasteiger partial charge in [-0.15, -0.1) is 0 Å². The highest BCUT2D eigenvalue weighted by atomic mass is 32.2. The van der Waals surface area contributed by atoms with Crippen molar-refractivity contribution in [3.63, 3.8) is 0 Å². The molecule has 0 aliphatic carbocycles. The van der Waals surface area contributed by atoms with Crippen molar-refractivity contribution in [2.24, 2.45) is 5.73 Å². The van der Waals surface area contributed by atoms with Gasteiger partial charge in [-0.25, -0.2) is 13.1 Å². The Morgan fingerprint density at radius 2 is 1.94 bits per heavy atom. The zero-order valence-electron chi connectivity index (χ0n) is 8.73. The molecule has 0 aromatic heterocycles. The third-order valence-corrected chi connectivity index (χ3v) is 3.43. The molecule has 4 N–H and O–H groups in total. The summed E-state index contributed by atoms with van der Waals surface area (Å²) >= 11 is 4.66. The fraction of sp³-hybridized carbons (Fsp3) is 0.222. The van der Waals surface area contributed by atoms with Crippen molar-refractivity contribution in [3.05, 3.63) is 24.3 Å². The molecule has 0 spiro atoms. The van der Waals surface area contributed by atoms with E-state index in [4.69, 9.17) is 5.73 Å². The van der Waals surface area contributed by atoms with Crippen molar-refractivity contribution in [1.29, 1.82) is 0 Å². The predicted octanol–water partition coefficient (Wildman–Crippen LogP) is 0.640. The van der Waals surface area contributed by atoms with Crippen molar-refractivity contribution < 1.29 is 8.42 Å². The summed E-state index contributed by atoms with van der Waals surface area (Å²) in [7, 11) is -3.40.